The molecule has 0 aromatic heterocycles. The van der Waals surface area contributed by atoms with E-state index in [1.54, 1.807) is 0 Å². The van der Waals surface area contributed by atoms with Crippen LogP contribution in [0.5, 0.6) is 0 Å². The number of carbonyl (C=O) groups is 1. The molecule has 0 aromatic rings. The summed E-state index contributed by atoms with van der Waals surface area (Å²) in [6.07, 6.45) is 6.26. The summed E-state index contributed by atoms with van der Waals surface area (Å²) < 4.78 is 11.5. The van der Waals surface area contributed by atoms with E-state index in [4.69, 9.17) is 9.47 Å². The lowest BCUT2D eigenvalue weighted by molar-refractivity contribution is -0.176. The lowest BCUT2D eigenvalue weighted by Crippen LogP contribution is -2.43. The Balaban J connectivity index is 2.09. The summed E-state index contributed by atoms with van der Waals surface area (Å²) in [5.74, 6) is 0.385. The molecule has 0 aromatic carbocycles. The van der Waals surface area contributed by atoms with E-state index >= 15 is 0 Å². The average Bonchev–Trinajstić information content (AvgIpc) is 2.99. The van der Waals surface area contributed by atoms with E-state index < -0.39 is 0 Å². The van der Waals surface area contributed by atoms with Gasteiger partial charge >= 0.3 is 5.97 Å². The Bertz CT molecular complexity index is 297. The van der Waals surface area contributed by atoms with Gasteiger partial charge in [0.25, 0.3) is 0 Å². The number of rotatable bonds is 4. The van der Waals surface area contributed by atoms with Gasteiger partial charge in [-0.15, -0.1) is 0 Å². The van der Waals surface area contributed by atoms with Gasteiger partial charge in [0.2, 0.25) is 0 Å². The van der Waals surface area contributed by atoms with Gasteiger partial charge in [0.1, 0.15) is 5.60 Å². The van der Waals surface area contributed by atoms with E-state index in [1.165, 1.54) is 12.8 Å². The minimum absolute atomic E-state index is 0.0289. The Hall–Kier alpha value is -0.570. The van der Waals surface area contributed by atoms with Crippen molar-refractivity contribution in [3.05, 3.63) is 0 Å². The predicted octanol–water partition coefficient (Wildman–Crippen LogP) is 3.32. The van der Waals surface area contributed by atoms with E-state index in [-0.39, 0.29) is 17.0 Å². The fourth-order valence-electron chi connectivity index (χ4n) is 2.98. The first-order valence-electron chi connectivity index (χ1n) is 7.31. The van der Waals surface area contributed by atoms with Gasteiger partial charge in [0.05, 0.1) is 12.0 Å². The minimum atomic E-state index is -0.366. The topological polar surface area (TPSA) is 35.5 Å². The smallest absolute Gasteiger partial charge is 0.312 e. The summed E-state index contributed by atoms with van der Waals surface area (Å²) in [7, 11) is 0. The third-order valence-electron chi connectivity index (χ3n) is 4.86. The first-order chi connectivity index (χ1) is 8.50. The van der Waals surface area contributed by atoms with Crippen molar-refractivity contribution < 1.29 is 14.3 Å². The zero-order chi connectivity index (χ0) is 13.2. The molecule has 2 fully saturated rings. The normalized spacial score (nSPS) is 27.4. The quantitative estimate of drug-likeness (QED) is 0.722. The first-order valence-corrected chi connectivity index (χ1v) is 7.31. The van der Waals surface area contributed by atoms with Crippen molar-refractivity contribution in [3.8, 4) is 0 Å². The molecule has 1 atom stereocenters. The van der Waals surface area contributed by atoms with Gasteiger partial charge < -0.3 is 9.47 Å². The Morgan fingerprint density at radius 1 is 1.39 bits per heavy atom. The summed E-state index contributed by atoms with van der Waals surface area (Å²) in [6, 6.07) is 0. The largest absolute Gasteiger partial charge is 0.458 e. The molecule has 2 rings (SSSR count). The molecule has 1 saturated carbocycles. The van der Waals surface area contributed by atoms with Crippen molar-refractivity contribution in [2.75, 3.05) is 13.2 Å². The highest BCUT2D eigenvalue weighted by Gasteiger charge is 2.47. The maximum atomic E-state index is 12.4. The molecule has 2 aliphatic rings. The zero-order valence-electron chi connectivity index (χ0n) is 12.0. The molecule has 18 heavy (non-hydrogen) atoms. The third-order valence-corrected chi connectivity index (χ3v) is 4.86. The standard InChI is InChI=1S/C15H26O3/c1-4-14(2,3)13(16)18-15(8-5-6-9-15)12-7-10-17-11-12/h12H,4-11H2,1-3H3. The second-order valence-electron chi connectivity index (χ2n) is 6.46. The van der Waals surface area contributed by atoms with Crippen molar-refractivity contribution in [2.45, 2.75) is 64.9 Å². The maximum absolute atomic E-state index is 12.4. The number of carbonyl (C=O) groups excluding carboxylic acids is 1. The van der Waals surface area contributed by atoms with Gasteiger partial charge in [-0.1, -0.05) is 6.92 Å². The van der Waals surface area contributed by atoms with Crippen LogP contribution in [0, 0.1) is 11.3 Å². The highest BCUT2D eigenvalue weighted by atomic mass is 16.6. The molecule has 0 bridgehead atoms. The fraction of sp³-hybridized carbons (Fsp3) is 0.933. The van der Waals surface area contributed by atoms with E-state index in [0.29, 0.717) is 5.92 Å². The van der Waals surface area contributed by atoms with Crippen LogP contribution in [0.4, 0.5) is 0 Å². The van der Waals surface area contributed by atoms with Crippen LogP contribution in [-0.4, -0.2) is 24.8 Å². The molecule has 3 heteroatoms. The number of ether oxygens (including phenoxy) is 2. The summed E-state index contributed by atoms with van der Waals surface area (Å²) in [5, 5.41) is 0. The summed E-state index contributed by atoms with van der Waals surface area (Å²) >= 11 is 0. The molecule has 3 nitrogen and oxygen atoms in total. The molecular weight excluding hydrogens is 228 g/mol. The summed E-state index contributed by atoms with van der Waals surface area (Å²) in [6.45, 7) is 7.58. The van der Waals surface area contributed by atoms with Crippen LogP contribution in [0.25, 0.3) is 0 Å². The second kappa shape index (κ2) is 5.20. The molecule has 1 aliphatic carbocycles. The van der Waals surface area contributed by atoms with Gasteiger partial charge in [-0.25, -0.2) is 0 Å². The number of hydrogen-bond donors (Lipinski definition) is 0. The van der Waals surface area contributed by atoms with Gasteiger partial charge in [-0.05, 0) is 52.4 Å². The molecular formula is C15H26O3. The van der Waals surface area contributed by atoms with E-state index in [1.807, 2.05) is 20.8 Å². The van der Waals surface area contributed by atoms with E-state index in [0.717, 1.165) is 38.9 Å². The average molecular weight is 254 g/mol. The van der Waals surface area contributed by atoms with E-state index in [2.05, 4.69) is 0 Å². The Morgan fingerprint density at radius 3 is 2.56 bits per heavy atom. The van der Waals surface area contributed by atoms with Crippen LogP contribution in [0.15, 0.2) is 0 Å². The molecule has 0 N–H and O–H groups in total. The number of esters is 1. The van der Waals surface area contributed by atoms with E-state index in [9.17, 15) is 4.79 Å². The molecule has 1 aliphatic heterocycles. The molecule has 0 amide bonds. The third kappa shape index (κ3) is 2.56. The van der Waals surface area contributed by atoms with Gasteiger partial charge in [0, 0.05) is 12.5 Å². The fourth-order valence-corrected chi connectivity index (χ4v) is 2.98. The summed E-state index contributed by atoms with van der Waals surface area (Å²) in [5.41, 5.74) is -0.588. The lowest BCUT2D eigenvalue weighted by Gasteiger charge is -2.37. The van der Waals surface area contributed by atoms with Crippen LogP contribution < -0.4 is 0 Å². The highest BCUT2D eigenvalue weighted by Crippen LogP contribution is 2.44. The van der Waals surface area contributed by atoms with Crippen LogP contribution in [0.2, 0.25) is 0 Å². The monoisotopic (exact) mass is 254 g/mol. The summed E-state index contributed by atoms with van der Waals surface area (Å²) in [4.78, 5) is 12.4. The van der Waals surface area contributed by atoms with Crippen LogP contribution in [0.3, 0.4) is 0 Å². The van der Waals surface area contributed by atoms with Crippen molar-refractivity contribution in [3.63, 3.8) is 0 Å². The van der Waals surface area contributed by atoms with Gasteiger partial charge in [0.15, 0.2) is 0 Å². The Morgan fingerprint density at radius 2 is 2.06 bits per heavy atom. The van der Waals surface area contributed by atoms with Crippen molar-refractivity contribution in [2.24, 2.45) is 11.3 Å². The van der Waals surface area contributed by atoms with Crippen LogP contribution >= 0.6 is 0 Å². The Kier molecular flexibility index (Phi) is 4.00. The van der Waals surface area contributed by atoms with Crippen LogP contribution in [0.1, 0.15) is 59.3 Å². The molecule has 0 spiro atoms. The molecule has 1 unspecified atom stereocenters. The zero-order valence-corrected chi connectivity index (χ0v) is 12.0. The first kappa shape index (κ1) is 13.9. The van der Waals surface area contributed by atoms with Gasteiger partial charge in [-0.2, -0.15) is 0 Å². The predicted molar refractivity (Wildman–Crippen MR) is 70.3 cm³/mol. The van der Waals surface area contributed by atoms with Gasteiger partial charge in [-0.3, -0.25) is 4.79 Å². The second-order valence-corrected chi connectivity index (χ2v) is 6.46. The van der Waals surface area contributed by atoms with Crippen molar-refractivity contribution in [1.29, 1.82) is 0 Å². The molecule has 104 valence electrons. The molecule has 1 saturated heterocycles. The SMILES string of the molecule is CCC(C)(C)C(=O)OC1(C2CCOC2)CCCC1. The van der Waals surface area contributed by atoms with Crippen LogP contribution in [-0.2, 0) is 14.3 Å². The Labute approximate surface area is 110 Å². The maximum Gasteiger partial charge on any atom is 0.312 e. The van der Waals surface area contributed by atoms with Crippen molar-refractivity contribution >= 4 is 5.97 Å². The molecule has 0 radical (unpaired) electrons. The molecule has 1 heterocycles. The lowest BCUT2D eigenvalue weighted by atomic mass is 9.83. The highest BCUT2D eigenvalue weighted by molar-refractivity contribution is 5.76. The number of hydrogen-bond acceptors (Lipinski definition) is 3. The minimum Gasteiger partial charge on any atom is -0.458 e. The van der Waals surface area contributed by atoms with Crippen molar-refractivity contribution in [1.82, 2.24) is 0 Å².